The van der Waals surface area contributed by atoms with Crippen LogP contribution in [0.4, 0.5) is 4.39 Å². The molecule has 3 rings (SSSR count). The topological polar surface area (TPSA) is 66.9 Å². The van der Waals surface area contributed by atoms with E-state index >= 15 is 0 Å². The lowest BCUT2D eigenvalue weighted by atomic mass is 10.1. The molecule has 1 heterocycles. The molecule has 1 amide bonds. The van der Waals surface area contributed by atoms with Gasteiger partial charge in [0.05, 0.1) is 7.11 Å². The smallest absolute Gasteiger partial charge is 0.253 e. The molecular formula is C22H27FN2O4S. The number of ether oxygens (including phenoxy) is 1. The van der Waals surface area contributed by atoms with Gasteiger partial charge in [-0.3, -0.25) is 4.79 Å². The van der Waals surface area contributed by atoms with E-state index in [2.05, 4.69) is 0 Å². The second-order valence-electron chi connectivity index (χ2n) is 7.58. The van der Waals surface area contributed by atoms with Crippen LogP contribution in [-0.4, -0.2) is 50.3 Å². The SMILES string of the molecule is COc1ccc(C(=O)N(C)Cc2ccccc2F)cc1S(=O)(=O)N1CCCCC1C. The first-order valence-electron chi connectivity index (χ1n) is 9.94. The van der Waals surface area contributed by atoms with Gasteiger partial charge in [-0.15, -0.1) is 0 Å². The molecule has 0 aliphatic carbocycles. The van der Waals surface area contributed by atoms with Crippen LogP contribution in [0.5, 0.6) is 5.75 Å². The van der Waals surface area contributed by atoms with Gasteiger partial charge in [-0.2, -0.15) is 4.31 Å². The lowest BCUT2D eigenvalue weighted by Gasteiger charge is -2.32. The number of halogens is 1. The maximum atomic E-state index is 13.9. The third-order valence-corrected chi connectivity index (χ3v) is 7.49. The zero-order valence-corrected chi connectivity index (χ0v) is 18.3. The monoisotopic (exact) mass is 434 g/mol. The fourth-order valence-electron chi connectivity index (χ4n) is 3.74. The molecule has 0 spiro atoms. The van der Waals surface area contributed by atoms with Gasteiger partial charge < -0.3 is 9.64 Å². The van der Waals surface area contributed by atoms with Crippen LogP contribution in [0.15, 0.2) is 47.4 Å². The van der Waals surface area contributed by atoms with Crippen molar-refractivity contribution >= 4 is 15.9 Å². The van der Waals surface area contributed by atoms with Crippen molar-refractivity contribution in [3.8, 4) is 5.75 Å². The number of piperidine rings is 1. The molecular weight excluding hydrogens is 407 g/mol. The number of rotatable bonds is 6. The highest BCUT2D eigenvalue weighted by atomic mass is 32.2. The molecule has 0 N–H and O–H groups in total. The van der Waals surface area contributed by atoms with Crippen LogP contribution in [0.1, 0.15) is 42.1 Å². The van der Waals surface area contributed by atoms with Crippen molar-refractivity contribution in [2.75, 3.05) is 20.7 Å². The first-order chi connectivity index (χ1) is 14.3. The molecule has 1 aliphatic rings. The van der Waals surface area contributed by atoms with Gasteiger partial charge in [0.2, 0.25) is 10.0 Å². The van der Waals surface area contributed by atoms with Crippen LogP contribution < -0.4 is 4.74 Å². The molecule has 1 unspecified atom stereocenters. The standard InChI is InChI=1S/C22H27FN2O4S/c1-16-8-6-7-13-25(16)30(27,28)21-14-17(11-12-20(21)29-3)22(26)24(2)15-18-9-4-5-10-19(18)23/h4-5,9-12,14,16H,6-8,13,15H2,1-3H3. The van der Waals surface area contributed by atoms with Crippen LogP contribution in [0, 0.1) is 5.82 Å². The summed E-state index contributed by atoms with van der Waals surface area (Å²) >= 11 is 0. The van der Waals surface area contributed by atoms with Gasteiger partial charge in [-0.25, -0.2) is 12.8 Å². The molecule has 162 valence electrons. The molecule has 0 radical (unpaired) electrons. The third kappa shape index (κ3) is 4.49. The molecule has 2 aromatic carbocycles. The Morgan fingerprint density at radius 3 is 2.63 bits per heavy atom. The van der Waals surface area contributed by atoms with Gasteiger partial charge in [0.25, 0.3) is 5.91 Å². The number of benzene rings is 2. The Labute approximate surface area is 177 Å². The van der Waals surface area contributed by atoms with Crippen LogP contribution in [0.25, 0.3) is 0 Å². The summed E-state index contributed by atoms with van der Waals surface area (Å²) in [6.45, 7) is 2.40. The number of hydrogen-bond donors (Lipinski definition) is 0. The fourth-order valence-corrected chi connectivity index (χ4v) is 5.62. The molecule has 0 saturated carbocycles. The predicted molar refractivity (Wildman–Crippen MR) is 112 cm³/mol. The number of methoxy groups -OCH3 is 1. The Hall–Kier alpha value is -2.45. The van der Waals surface area contributed by atoms with E-state index in [-0.39, 0.29) is 28.8 Å². The van der Waals surface area contributed by atoms with Crippen molar-refractivity contribution < 1.29 is 22.3 Å². The van der Waals surface area contributed by atoms with Crippen LogP contribution in [0.3, 0.4) is 0 Å². The Morgan fingerprint density at radius 2 is 1.97 bits per heavy atom. The van der Waals surface area contributed by atoms with Gasteiger partial charge in [0.15, 0.2) is 0 Å². The highest BCUT2D eigenvalue weighted by Gasteiger charge is 2.33. The quantitative estimate of drug-likeness (QED) is 0.696. The van der Waals surface area contributed by atoms with E-state index in [0.29, 0.717) is 12.1 Å². The van der Waals surface area contributed by atoms with Crippen molar-refractivity contribution in [2.24, 2.45) is 0 Å². The second-order valence-corrected chi connectivity index (χ2v) is 9.44. The molecule has 1 fully saturated rings. The summed E-state index contributed by atoms with van der Waals surface area (Å²) in [6, 6.07) is 10.5. The molecule has 1 aliphatic heterocycles. The van der Waals surface area contributed by atoms with E-state index < -0.39 is 21.7 Å². The fraction of sp³-hybridized carbons (Fsp3) is 0.409. The summed E-state index contributed by atoms with van der Waals surface area (Å²) in [4.78, 5) is 14.3. The van der Waals surface area contributed by atoms with Crippen molar-refractivity contribution in [1.82, 2.24) is 9.21 Å². The van der Waals surface area contributed by atoms with Gasteiger partial charge in [0.1, 0.15) is 16.5 Å². The number of nitrogens with zero attached hydrogens (tertiary/aromatic N) is 2. The minimum absolute atomic E-state index is 0.0242. The van der Waals surface area contributed by atoms with E-state index in [1.165, 1.54) is 40.6 Å². The Morgan fingerprint density at radius 1 is 1.23 bits per heavy atom. The summed E-state index contributed by atoms with van der Waals surface area (Å²) in [5, 5.41) is 0. The van der Waals surface area contributed by atoms with Gasteiger partial charge in [-0.1, -0.05) is 24.6 Å². The van der Waals surface area contributed by atoms with Crippen molar-refractivity contribution in [1.29, 1.82) is 0 Å². The van der Waals surface area contributed by atoms with E-state index in [9.17, 15) is 17.6 Å². The summed E-state index contributed by atoms with van der Waals surface area (Å²) in [5.41, 5.74) is 0.592. The molecule has 2 aromatic rings. The van der Waals surface area contributed by atoms with E-state index in [1.54, 1.807) is 25.2 Å². The Balaban J connectivity index is 1.92. The lowest BCUT2D eigenvalue weighted by molar-refractivity contribution is 0.0783. The number of carbonyl (C=O) groups is 1. The maximum absolute atomic E-state index is 13.9. The lowest BCUT2D eigenvalue weighted by Crippen LogP contribution is -2.42. The van der Waals surface area contributed by atoms with E-state index in [4.69, 9.17) is 4.74 Å². The molecule has 0 aromatic heterocycles. The average molecular weight is 435 g/mol. The molecule has 0 bridgehead atoms. The highest BCUT2D eigenvalue weighted by Crippen LogP contribution is 2.32. The molecule has 30 heavy (non-hydrogen) atoms. The summed E-state index contributed by atoms with van der Waals surface area (Å²) < 4.78 is 47.4. The minimum Gasteiger partial charge on any atom is -0.495 e. The maximum Gasteiger partial charge on any atom is 0.253 e. The zero-order valence-electron chi connectivity index (χ0n) is 17.5. The van der Waals surface area contributed by atoms with E-state index in [1.807, 2.05) is 6.92 Å². The van der Waals surface area contributed by atoms with Crippen LogP contribution in [0.2, 0.25) is 0 Å². The summed E-state index contributed by atoms with van der Waals surface area (Å²) in [5.74, 6) is -0.598. The second kappa shape index (κ2) is 9.14. The van der Waals surface area contributed by atoms with E-state index in [0.717, 1.165) is 19.3 Å². The van der Waals surface area contributed by atoms with Gasteiger partial charge >= 0.3 is 0 Å². The molecule has 1 atom stereocenters. The van der Waals surface area contributed by atoms with Gasteiger partial charge in [-0.05, 0) is 44.0 Å². The Bertz CT molecular complexity index is 1030. The first-order valence-corrected chi connectivity index (χ1v) is 11.4. The molecule has 8 heteroatoms. The normalized spacial score (nSPS) is 17.5. The summed E-state index contributed by atoms with van der Waals surface area (Å²) in [7, 11) is -0.866. The summed E-state index contributed by atoms with van der Waals surface area (Å²) in [6.07, 6.45) is 2.59. The number of amides is 1. The predicted octanol–water partition coefficient (Wildman–Crippen LogP) is 3.67. The minimum atomic E-state index is -3.82. The Kier molecular flexibility index (Phi) is 6.77. The van der Waals surface area contributed by atoms with Crippen LogP contribution >= 0.6 is 0 Å². The molecule has 6 nitrogen and oxygen atoms in total. The zero-order chi connectivity index (χ0) is 21.9. The number of carbonyl (C=O) groups excluding carboxylic acids is 1. The third-order valence-electron chi connectivity index (χ3n) is 5.45. The number of hydrogen-bond acceptors (Lipinski definition) is 4. The highest BCUT2D eigenvalue weighted by molar-refractivity contribution is 7.89. The molecule has 1 saturated heterocycles. The van der Waals surface area contributed by atoms with Crippen molar-refractivity contribution in [3.05, 3.63) is 59.4 Å². The largest absolute Gasteiger partial charge is 0.495 e. The van der Waals surface area contributed by atoms with Crippen molar-refractivity contribution in [3.63, 3.8) is 0 Å². The van der Waals surface area contributed by atoms with Crippen LogP contribution in [-0.2, 0) is 16.6 Å². The number of sulfonamides is 1. The average Bonchev–Trinajstić information content (AvgIpc) is 2.74. The van der Waals surface area contributed by atoms with Crippen molar-refractivity contribution in [2.45, 2.75) is 43.7 Å². The van der Waals surface area contributed by atoms with Gasteiger partial charge in [0, 0.05) is 37.3 Å². The first kappa shape index (κ1) is 22.2.